The highest BCUT2D eigenvalue weighted by atomic mass is 16.5. The summed E-state index contributed by atoms with van der Waals surface area (Å²) < 4.78 is 5.26. The first kappa shape index (κ1) is 20.1. The quantitative estimate of drug-likeness (QED) is 0.154. The summed E-state index contributed by atoms with van der Waals surface area (Å²) in [7, 11) is 0. The van der Waals surface area contributed by atoms with Gasteiger partial charge in [0.15, 0.2) is 0 Å². The van der Waals surface area contributed by atoms with Gasteiger partial charge in [0.1, 0.15) is 5.75 Å². The van der Waals surface area contributed by atoms with Gasteiger partial charge in [-0.2, -0.15) is 0 Å². The van der Waals surface area contributed by atoms with E-state index in [0.29, 0.717) is 5.75 Å². The van der Waals surface area contributed by atoms with Crippen LogP contribution in [0.25, 0.3) is 11.1 Å². The number of esters is 1. The molecule has 0 spiro atoms. The maximum absolute atomic E-state index is 11.6. The maximum Gasteiger partial charge on any atom is 0.335 e. The van der Waals surface area contributed by atoms with Crippen LogP contribution in [0.3, 0.4) is 0 Å². The zero-order chi connectivity index (χ0) is 21.5. The third kappa shape index (κ3) is 4.71. The van der Waals surface area contributed by atoms with E-state index < -0.39 is 5.97 Å². The molecule has 0 radical (unpaired) electrons. The normalized spacial score (nSPS) is 10.2. The van der Waals surface area contributed by atoms with Crippen molar-refractivity contribution in [2.75, 3.05) is 0 Å². The molecule has 0 saturated carbocycles. The Bertz CT molecular complexity index is 1150. The van der Waals surface area contributed by atoms with Gasteiger partial charge in [-0.3, -0.25) is 0 Å². The minimum Gasteiger partial charge on any atom is -0.423 e. The second-order valence-corrected chi connectivity index (χ2v) is 7.00. The molecule has 4 aromatic rings. The Balaban J connectivity index is 1.96. The Morgan fingerprint density at radius 3 is 1.26 bits per heavy atom. The lowest BCUT2D eigenvalue weighted by Gasteiger charge is -2.18. The summed E-state index contributed by atoms with van der Waals surface area (Å²) in [5.41, 5.74) is 6.67. The minimum absolute atomic E-state index is 0.471. The monoisotopic (exact) mass is 402 g/mol. The van der Waals surface area contributed by atoms with E-state index in [2.05, 4.69) is 67.2 Å². The van der Waals surface area contributed by atoms with Gasteiger partial charge >= 0.3 is 5.97 Å². The molecule has 4 rings (SSSR count). The molecule has 0 fully saturated rings. The lowest BCUT2D eigenvalue weighted by atomic mass is 9.86. The highest BCUT2D eigenvalue weighted by molar-refractivity contribution is 6.04. The van der Waals surface area contributed by atoms with Gasteiger partial charge in [-0.15, -0.1) is 0 Å². The van der Waals surface area contributed by atoms with Crippen molar-refractivity contribution < 1.29 is 9.53 Å². The topological polar surface area (TPSA) is 26.3 Å². The van der Waals surface area contributed by atoms with Crippen molar-refractivity contribution in [3.05, 3.63) is 150 Å². The minimum atomic E-state index is -0.471. The fraction of sp³-hybridized carbons (Fsp3) is 0. The van der Waals surface area contributed by atoms with Gasteiger partial charge in [-0.1, -0.05) is 110 Å². The van der Waals surface area contributed by atoms with E-state index in [1.807, 2.05) is 54.6 Å². The Morgan fingerprint density at radius 1 is 0.548 bits per heavy atom. The summed E-state index contributed by atoms with van der Waals surface area (Å²) in [5.74, 6) is 0.0165. The Labute approximate surface area is 182 Å². The molecule has 0 atom stereocenters. The Kier molecular flexibility index (Phi) is 6.20. The lowest BCUT2D eigenvalue weighted by molar-refractivity contribution is -0.128. The molecule has 0 aromatic heterocycles. The summed E-state index contributed by atoms with van der Waals surface area (Å²) in [5, 5.41) is 0. The van der Waals surface area contributed by atoms with Gasteiger partial charge in [0.05, 0.1) is 0 Å². The van der Waals surface area contributed by atoms with Gasteiger partial charge < -0.3 is 4.74 Å². The van der Waals surface area contributed by atoms with Crippen molar-refractivity contribution in [3.8, 4) is 5.75 Å². The summed E-state index contributed by atoms with van der Waals surface area (Å²) in [6.45, 7) is 3.45. The Morgan fingerprint density at radius 2 is 0.903 bits per heavy atom. The van der Waals surface area contributed by atoms with Crippen molar-refractivity contribution in [1.82, 2.24) is 0 Å². The van der Waals surface area contributed by atoms with Crippen LogP contribution in [-0.2, 0) is 4.79 Å². The molecule has 0 aliphatic heterocycles. The molecule has 0 heterocycles. The zero-order valence-electron chi connectivity index (χ0n) is 17.1. The maximum atomic E-state index is 11.6. The predicted octanol–water partition coefficient (Wildman–Crippen LogP) is 6.79. The van der Waals surface area contributed by atoms with E-state index in [1.165, 1.54) is 0 Å². The van der Waals surface area contributed by atoms with E-state index in [4.69, 9.17) is 4.74 Å². The van der Waals surface area contributed by atoms with Gasteiger partial charge in [-0.05, 0) is 45.5 Å². The third-order valence-electron chi connectivity index (χ3n) is 4.97. The molecule has 31 heavy (non-hydrogen) atoms. The molecule has 0 N–H and O–H groups in total. The van der Waals surface area contributed by atoms with Crippen molar-refractivity contribution >= 4 is 17.1 Å². The largest absolute Gasteiger partial charge is 0.423 e. The molecule has 0 aliphatic rings. The van der Waals surface area contributed by atoms with Gasteiger partial charge in [-0.25, -0.2) is 4.79 Å². The van der Waals surface area contributed by atoms with Crippen LogP contribution >= 0.6 is 0 Å². The number of rotatable bonds is 6. The molecule has 2 nitrogen and oxygen atoms in total. The third-order valence-corrected chi connectivity index (χ3v) is 4.97. The van der Waals surface area contributed by atoms with E-state index in [-0.39, 0.29) is 0 Å². The van der Waals surface area contributed by atoms with E-state index in [9.17, 15) is 4.79 Å². The standard InChI is InChI=1S/C29H22O2/c1-2-27(30)31-26-20-18-25(19-21-26)29(24-16-10-5-11-17-24)28(22-12-6-3-7-13-22)23-14-8-4-9-15-23/h2-21H,1H2. The summed E-state index contributed by atoms with van der Waals surface area (Å²) in [6, 6.07) is 38.7. The molecule has 0 saturated heterocycles. The molecule has 150 valence electrons. The molecule has 0 unspecified atom stereocenters. The summed E-state index contributed by atoms with van der Waals surface area (Å²) >= 11 is 0. The number of hydrogen-bond donors (Lipinski definition) is 0. The van der Waals surface area contributed by atoms with Crippen LogP contribution in [0, 0.1) is 0 Å². The average Bonchev–Trinajstić information content (AvgIpc) is 2.84. The Hall–Kier alpha value is -4.17. The molecule has 0 bridgehead atoms. The molecular weight excluding hydrogens is 380 g/mol. The predicted molar refractivity (Wildman–Crippen MR) is 127 cm³/mol. The molecule has 0 amide bonds. The van der Waals surface area contributed by atoms with Gasteiger partial charge in [0.2, 0.25) is 0 Å². The van der Waals surface area contributed by atoms with Crippen LogP contribution in [0.2, 0.25) is 0 Å². The average molecular weight is 402 g/mol. The first-order chi connectivity index (χ1) is 15.3. The smallest absolute Gasteiger partial charge is 0.335 e. The zero-order valence-corrected chi connectivity index (χ0v) is 17.1. The first-order valence-corrected chi connectivity index (χ1v) is 10.1. The highest BCUT2D eigenvalue weighted by Crippen LogP contribution is 2.37. The van der Waals surface area contributed by atoms with Crippen molar-refractivity contribution in [1.29, 1.82) is 0 Å². The van der Waals surface area contributed by atoms with E-state index in [1.54, 1.807) is 0 Å². The van der Waals surface area contributed by atoms with Crippen LogP contribution in [0.5, 0.6) is 5.75 Å². The van der Waals surface area contributed by atoms with Crippen molar-refractivity contribution in [3.63, 3.8) is 0 Å². The molecule has 4 aromatic carbocycles. The summed E-state index contributed by atoms with van der Waals surface area (Å²) in [4.78, 5) is 11.6. The van der Waals surface area contributed by atoms with Crippen molar-refractivity contribution in [2.24, 2.45) is 0 Å². The van der Waals surface area contributed by atoms with Crippen LogP contribution in [0.1, 0.15) is 22.3 Å². The number of ether oxygens (including phenoxy) is 1. The summed E-state index contributed by atoms with van der Waals surface area (Å²) in [6.07, 6.45) is 1.16. The fourth-order valence-electron chi connectivity index (χ4n) is 3.57. The fourth-order valence-corrected chi connectivity index (χ4v) is 3.57. The van der Waals surface area contributed by atoms with Gasteiger partial charge in [0.25, 0.3) is 0 Å². The number of carbonyl (C=O) groups excluding carboxylic acids is 1. The first-order valence-electron chi connectivity index (χ1n) is 10.1. The molecule has 2 heteroatoms. The van der Waals surface area contributed by atoms with E-state index in [0.717, 1.165) is 39.5 Å². The van der Waals surface area contributed by atoms with Crippen LogP contribution < -0.4 is 4.74 Å². The second kappa shape index (κ2) is 9.55. The van der Waals surface area contributed by atoms with Gasteiger partial charge in [0, 0.05) is 6.08 Å². The number of carbonyl (C=O) groups is 1. The molecule has 0 aliphatic carbocycles. The lowest BCUT2D eigenvalue weighted by Crippen LogP contribution is -2.03. The van der Waals surface area contributed by atoms with Crippen LogP contribution in [0.15, 0.2) is 128 Å². The number of hydrogen-bond acceptors (Lipinski definition) is 2. The second-order valence-electron chi connectivity index (χ2n) is 7.00. The highest BCUT2D eigenvalue weighted by Gasteiger charge is 2.16. The van der Waals surface area contributed by atoms with Crippen LogP contribution in [0.4, 0.5) is 0 Å². The van der Waals surface area contributed by atoms with Crippen molar-refractivity contribution in [2.45, 2.75) is 0 Å². The number of benzene rings is 4. The van der Waals surface area contributed by atoms with E-state index >= 15 is 0 Å². The SMILES string of the molecule is C=CC(=O)Oc1ccc(C(=C(c2ccccc2)c2ccccc2)c2ccccc2)cc1. The molecular formula is C29H22O2. The van der Waals surface area contributed by atoms with Crippen LogP contribution in [-0.4, -0.2) is 5.97 Å².